The van der Waals surface area contributed by atoms with Gasteiger partial charge < -0.3 is 23.8 Å². The maximum absolute atomic E-state index is 12.4. The van der Waals surface area contributed by atoms with E-state index in [4.69, 9.17) is 18.9 Å². The number of nitrogens with one attached hydrogen (secondary N) is 1. The highest BCUT2D eigenvalue weighted by Gasteiger charge is 2.31. The van der Waals surface area contributed by atoms with Gasteiger partial charge in [-0.1, -0.05) is 30.3 Å². The molecule has 0 saturated heterocycles. The first-order valence-corrected chi connectivity index (χ1v) is 12.6. The van der Waals surface area contributed by atoms with Crippen LogP contribution in [0.25, 0.3) is 0 Å². The Labute approximate surface area is 232 Å². The summed E-state index contributed by atoms with van der Waals surface area (Å²) in [6, 6.07) is 14.5. The number of methoxy groups -OCH3 is 2. The summed E-state index contributed by atoms with van der Waals surface area (Å²) in [5.41, 5.74) is 1.19. The molecule has 0 bridgehead atoms. The molecule has 3 aromatic rings. The van der Waals surface area contributed by atoms with Gasteiger partial charge in [0.15, 0.2) is 0 Å². The van der Waals surface area contributed by atoms with Crippen LogP contribution in [-0.2, 0) is 17.8 Å². The molecule has 0 atom stereocenters. The number of unbranched alkanes of at least 4 members (excludes halogenated alkanes) is 1. The fourth-order valence-corrected chi connectivity index (χ4v) is 3.73. The highest BCUT2D eigenvalue weighted by Crippen LogP contribution is 2.36. The summed E-state index contributed by atoms with van der Waals surface area (Å²) >= 11 is 0. The van der Waals surface area contributed by atoms with Crippen molar-refractivity contribution in [2.45, 2.75) is 32.9 Å². The van der Waals surface area contributed by atoms with Gasteiger partial charge >= 0.3 is 17.8 Å². The minimum Gasteiger partial charge on any atom is -0.497 e. The van der Waals surface area contributed by atoms with Gasteiger partial charge in [-0.3, -0.25) is 15.4 Å². The third-order valence-electron chi connectivity index (χ3n) is 5.67. The van der Waals surface area contributed by atoms with Crippen LogP contribution >= 0.6 is 0 Å². The molecule has 0 unspecified atom stereocenters. The van der Waals surface area contributed by atoms with Crippen molar-refractivity contribution in [1.29, 1.82) is 0 Å². The number of anilines is 2. The second-order valence-electron chi connectivity index (χ2n) is 8.46. The van der Waals surface area contributed by atoms with Crippen LogP contribution in [-0.4, -0.2) is 48.4 Å². The van der Waals surface area contributed by atoms with Crippen LogP contribution < -0.4 is 24.4 Å². The van der Waals surface area contributed by atoms with E-state index in [2.05, 4.69) is 21.9 Å². The molecule has 40 heavy (non-hydrogen) atoms. The minimum absolute atomic E-state index is 0.0304. The lowest BCUT2D eigenvalue weighted by Gasteiger charge is -2.25. The zero-order chi connectivity index (χ0) is 28.9. The molecule has 1 amide bonds. The van der Waals surface area contributed by atoms with E-state index < -0.39 is 16.7 Å². The van der Waals surface area contributed by atoms with Gasteiger partial charge in [0.1, 0.15) is 11.5 Å². The minimum atomic E-state index is -0.885. The molecular weight excluding hydrogens is 518 g/mol. The highest BCUT2D eigenvalue weighted by molar-refractivity contribution is 5.88. The van der Waals surface area contributed by atoms with Crippen LogP contribution in [0, 0.1) is 10.1 Å². The number of carbonyl (C=O) groups is 1. The molecule has 0 aliphatic carbocycles. The number of hydrogen-bond acceptors (Lipinski definition) is 10. The third kappa shape index (κ3) is 8.32. The quantitative estimate of drug-likeness (QED) is 0.111. The first-order valence-electron chi connectivity index (χ1n) is 12.6. The Morgan fingerprint density at radius 3 is 2.08 bits per heavy atom. The van der Waals surface area contributed by atoms with Gasteiger partial charge in [0.2, 0.25) is 11.6 Å². The molecule has 0 saturated carbocycles. The van der Waals surface area contributed by atoms with Gasteiger partial charge in [0.05, 0.1) is 32.4 Å². The summed E-state index contributed by atoms with van der Waals surface area (Å²) in [5.74, 6) is 0.989. The van der Waals surface area contributed by atoms with Crippen molar-refractivity contribution in [2.75, 3.05) is 37.7 Å². The molecule has 1 N–H and O–H groups in total. The van der Waals surface area contributed by atoms with Crippen molar-refractivity contribution in [3.8, 4) is 17.5 Å². The Morgan fingerprint density at radius 1 is 1.02 bits per heavy atom. The summed E-state index contributed by atoms with van der Waals surface area (Å²) in [5, 5.41) is 14.8. The van der Waals surface area contributed by atoms with Gasteiger partial charge in [0, 0.05) is 13.1 Å². The van der Waals surface area contributed by atoms with Gasteiger partial charge in [-0.15, -0.1) is 6.58 Å². The maximum atomic E-state index is 12.4. The smallest absolute Gasteiger partial charge is 0.412 e. The molecule has 1 aromatic heterocycles. The van der Waals surface area contributed by atoms with Crippen LogP contribution in [0.15, 0.2) is 61.2 Å². The maximum Gasteiger partial charge on any atom is 0.412 e. The van der Waals surface area contributed by atoms with Gasteiger partial charge in [-0.05, 0) is 55.2 Å². The number of allylic oxidation sites excluding steroid dienone is 1. The van der Waals surface area contributed by atoms with Crippen LogP contribution in [0.5, 0.6) is 17.5 Å². The number of rotatable bonds is 15. The number of nitro groups is 1. The van der Waals surface area contributed by atoms with E-state index in [1.54, 1.807) is 56.4 Å². The summed E-state index contributed by atoms with van der Waals surface area (Å²) in [6.07, 6.45) is 2.21. The SMILES string of the molecule is C=CCCCOc1nc(NC(=O)OCC)c([N+](=O)[O-])c(N(Cc2ccc(OC)cc2)Cc2ccc(OC)cc2)n1. The fraction of sp³-hybridized carbons (Fsp3) is 0.321. The number of nitrogens with zero attached hydrogens (tertiary/aromatic N) is 4. The number of ether oxygens (including phenoxy) is 4. The number of hydrogen-bond donors (Lipinski definition) is 1. The third-order valence-corrected chi connectivity index (χ3v) is 5.67. The van der Waals surface area contributed by atoms with Crippen molar-refractivity contribution in [3.63, 3.8) is 0 Å². The summed E-state index contributed by atoms with van der Waals surface area (Å²) in [7, 11) is 3.15. The summed E-state index contributed by atoms with van der Waals surface area (Å²) in [4.78, 5) is 34.3. The van der Waals surface area contributed by atoms with Crippen LogP contribution in [0.2, 0.25) is 0 Å². The monoisotopic (exact) mass is 551 g/mol. The Balaban J connectivity index is 2.12. The Bertz CT molecular complexity index is 1230. The zero-order valence-corrected chi connectivity index (χ0v) is 22.8. The van der Waals surface area contributed by atoms with E-state index in [0.717, 1.165) is 11.1 Å². The fourth-order valence-electron chi connectivity index (χ4n) is 3.73. The van der Waals surface area contributed by atoms with E-state index in [1.165, 1.54) is 0 Å². The average molecular weight is 552 g/mol. The lowest BCUT2D eigenvalue weighted by atomic mass is 10.1. The molecule has 0 spiro atoms. The van der Waals surface area contributed by atoms with Crippen LogP contribution in [0.1, 0.15) is 30.9 Å². The summed E-state index contributed by atoms with van der Waals surface area (Å²) < 4.78 is 21.2. The molecule has 12 nitrogen and oxygen atoms in total. The summed E-state index contributed by atoms with van der Waals surface area (Å²) in [6.45, 7) is 6.12. The van der Waals surface area contributed by atoms with Crippen LogP contribution in [0.4, 0.5) is 22.1 Å². The first kappa shape index (κ1) is 29.7. The standard InChI is InChI=1S/C28H33N5O7/c1-5-7-8-17-40-27-29-25(30-28(34)39-6-2)24(33(35)36)26(31-27)32(18-20-9-13-22(37-3)14-10-20)19-21-11-15-23(38-4)16-12-21/h5,9-16H,1,6-8,17-19H2,2-4H3,(H,29,30,31,34). The first-order chi connectivity index (χ1) is 19.4. The molecule has 2 aromatic carbocycles. The van der Waals surface area contributed by atoms with Crippen molar-refractivity contribution in [2.24, 2.45) is 0 Å². The zero-order valence-electron chi connectivity index (χ0n) is 22.8. The molecule has 0 aliphatic rings. The molecule has 0 radical (unpaired) electrons. The normalized spacial score (nSPS) is 10.4. The predicted octanol–water partition coefficient (Wildman–Crippen LogP) is 5.52. The number of benzene rings is 2. The predicted molar refractivity (Wildman–Crippen MR) is 150 cm³/mol. The average Bonchev–Trinajstić information content (AvgIpc) is 2.95. The van der Waals surface area contributed by atoms with E-state index >= 15 is 0 Å². The van der Waals surface area contributed by atoms with Gasteiger partial charge in [-0.2, -0.15) is 9.97 Å². The molecule has 0 aliphatic heterocycles. The highest BCUT2D eigenvalue weighted by atomic mass is 16.6. The second kappa shape index (κ2) is 14.9. The second-order valence-corrected chi connectivity index (χ2v) is 8.46. The van der Waals surface area contributed by atoms with Gasteiger partial charge in [0.25, 0.3) is 0 Å². The van der Waals surface area contributed by atoms with E-state index in [9.17, 15) is 14.9 Å². The largest absolute Gasteiger partial charge is 0.497 e. The molecule has 3 rings (SSSR count). The topological polar surface area (TPSA) is 138 Å². The molecule has 0 fully saturated rings. The van der Waals surface area contributed by atoms with Crippen molar-refractivity contribution < 1.29 is 28.7 Å². The van der Waals surface area contributed by atoms with Crippen molar-refractivity contribution in [1.82, 2.24) is 9.97 Å². The molecular formula is C28H33N5O7. The number of amides is 1. The number of carbonyl (C=O) groups excluding carboxylic acids is 1. The molecule has 1 heterocycles. The Kier molecular flexibility index (Phi) is 11.1. The lowest BCUT2D eigenvalue weighted by molar-refractivity contribution is -0.383. The lowest BCUT2D eigenvalue weighted by Crippen LogP contribution is -2.26. The number of aromatic nitrogens is 2. The van der Waals surface area contributed by atoms with Crippen LogP contribution in [0.3, 0.4) is 0 Å². The van der Waals surface area contributed by atoms with E-state index in [-0.39, 0.29) is 43.9 Å². The van der Waals surface area contributed by atoms with Crippen molar-refractivity contribution in [3.05, 3.63) is 82.4 Å². The Hall–Kier alpha value is -4.87. The van der Waals surface area contributed by atoms with Gasteiger partial charge in [-0.25, -0.2) is 4.79 Å². The molecule has 12 heteroatoms. The van der Waals surface area contributed by atoms with E-state index in [0.29, 0.717) is 24.3 Å². The Morgan fingerprint density at radius 2 is 1.60 bits per heavy atom. The molecule has 212 valence electrons. The van der Waals surface area contributed by atoms with Crippen molar-refractivity contribution >= 4 is 23.4 Å². The van der Waals surface area contributed by atoms with E-state index in [1.807, 2.05) is 24.3 Å².